The molecule has 0 radical (unpaired) electrons. The number of ether oxygens (including phenoxy) is 1. The molecule has 2 heterocycles. The van der Waals surface area contributed by atoms with Gasteiger partial charge in [0.2, 0.25) is 0 Å². The SMILES string of the molecule is CC1(C)OB(C(=Cc2c[nH]c(=O)c(C#N)c2)CNC(=O)OCC2c3ccccc3-c3ccccc32)OC1(C)C. The molecule has 9 heteroatoms. The van der Waals surface area contributed by atoms with Crippen LogP contribution in [-0.2, 0) is 14.0 Å². The average Bonchev–Trinajstić information content (AvgIpc) is 3.35. The summed E-state index contributed by atoms with van der Waals surface area (Å²) in [6.07, 6.45) is 2.67. The van der Waals surface area contributed by atoms with Gasteiger partial charge in [0.25, 0.3) is 5.56 Å². The lowest BCUT2D eigenvalue weighted by Crippen LogP contribution is -2.41. The first-order chi connectivity index (χ1) is 18.6. The van der Waals surface area contributed by atoms with Crippen molar-refractivity contribution in [2.24, 2.45) is 0 Å². The molecule has 1 aromatic heterocycles. The number of alkyl carbamates (subject to hydrolysis) is 1. The van der Waals surface area contributed by atoms with Gasteiger partial charge in [-0.3, -0.25) is 4.79 Å². The summed E-state index contributed by atoms with van der Waals surface area (Å²) >= 11 is 0. The monoisotopic (exact) mass is 523 g/mol. The van der Waals surface area contributed by atoms with Crippen LogP contribution in [0.2, 0.25) is 0 Å². The molecule has 2 aromatic carbocycles. The van der Waals surface area contributed by atoms with E-state index >= 15 is 0 Å². The van der Waals surface area contributed by atoms with Gasteiger partial charge in [-0.25, -0.2) is 4.79 Å². The van der Waals surface area contributed by atoms with Crippen LogP contribution in [-0.4, -0.2) is 42.5 Å². The van der Waals surface area contributed by atoms with Crippen molar-refractivity contribution in [3.8, 4) is 17.2 Å². The Hall–Kier alpha value is -4.13. The molecule has 3 aromatic rings. The molecule has 8 nitrogen and oxygen atoms in total. The Labute approximate surface area is 227 Å². The van der Waals surface area contributed by atoms with Crippen LogP contribution in [0.1, 0.15) is 55.9 Å². The van der Waals surface area contributed by atoms with E-state index in [1.54, 1.807) is 6.08 Å². The van der Waals surface area contributed by atoms with Gasteiger partial charge in [0.1, 0.15) is 18.2 Å². The largest absolute Gasteiger partial charge is 0.492 e. The summed E-state index contributed by atoms with van der Waals surface area (Å²) in [4.78, 5) is 27.3. The van der Waals surface area contributed by atoms with E-state index in [4.69, 9.17) is 14.0 Å². The van der Waals surface area contributed by atoms with E-state index in [9.17, 15) is 14.9 Å². The Morgan fingerprint density at radius 1 is 1.08 bits per heavy atom. The van der Waals surface area contributed by atoms with E-state index in [0.29, 0.717) is 11.0 Å². The summed E-state index contributed by atoms with van der Waals surface area (Å²) in [6, 6.07) is 19.7. The third-order valence-electron chi connectivity index (χ3n) is 7.73. The Kier molecular flexibility index (Phi) is 6.93. The van der Waals surface area contributed by atoms with Crippen LogP contribution in [0.3, 0.4) is 0 Å². The lowest BCUT2D eigenvalue weighted by molar-refractivity contribution is 0.00578. The van der Waals surface area contributed by atoms with Gasteiger partial charge >= 0.3 is 13.2 Å². The molecular weight excluding hydrogens is 493 g/mol. The first-order valence-electron chi connectivity index (χ1n) is 12.9. The molecular formula is C30H30BN3O5. The van der Waals surface area contributed by atoms with Gasteiger partial charge in [-0.05, 0) is 67.1 Å². The molecule has 0 bridgehead atoms. The molecule has 1 aliphatic heterocycles. The second-order valence-electron chi connectivity index (χ2n) is 10.8. The zero-order chi connectivity index (χ0) is 27.8. The molecule has 0 saturated carbocycles. The smallest absolute Gasteiger partial charge is 0.449 e. The number of nitrogens with one attached hydrogen (secondary N) is 2. The number of nitrogens with zero attached hydrogens (tertiary/aromatic N) is 1. The number of hydrogen-bond acceptors (Lipinski definition) is 6. The summed E-state index contributed by atoms with van der Waals surface area (Å²) in [5, 5.41) is 12.1. The summed E-state index contributed by atoms with van der Waals surface area (Å²) in [5.41, 5.74) is 4.10. The van der Waals surface area contributed by atoms with Gasteiger partial charge < -0.3 is 24.3 Å². The molecule has 2 N–H and O–H groups in total. The number of H-pyrrole nitrogens is 1. The van der Waals surface area contributed by atoms with Crippen LogP contribution in [0.25, 0.3) is 17.2 Å². The number of aromatic amines is 1. The molecule has 1 saturated heterocycles. The molecule has 5 rings (SSSR count). The van der Waals surface area contributed by atoms with Gasteiger partial charge in [0.15, 0.2) is 0 Å². The highest BCUT2D eigenvalue weighted by molar-refractivity contribution is 6.56. The number of pyridine rings is 1. The third kappa shape index (κ3) is 5.13. The van der Waals surface area contributed by atoms with Crippen molar-refractivity contribution in [1.29, 1.82) is 5.26 Å². The maximum absolute atomic E-state index is 12.9. The van der Waals surface area contributed by atoms with E-state index < -0.39 is 30.0 Å². The molecule has 0 unspecified atom stereocenters. The van der Waals surface area contributed by atoms with E-state index in [1.807, 2.05) is 58.0 Å². The van der Waals surface area contributed by atoms with Gasteiger partial charge in [-0.1, -0.05) is 54.6 Å². The topological polar surface area (TPSA) is 113 Å². The highest BCUT2D eigenvalue weighted by Gasteiger charge is 2.52. The minimum absolute atomic E-state index is 0.0125. The fraction of sp³-hybridized carbons (Fsp3) is 0.300. The van der Waals surface area contributed by atoms with Crippen molar-refractivity contribution in [2.75, 3.05) is 13.2 Å². The molecule has 1 amide bonds. The second kappa shape index (κ2) is 10.2. The third-order valence-corrected chi connectivity index (χ3v) is 7.73. The molecule has 0 spiro atoms. The molecule has 39 heavy (non-hydrogen) atoms. The Bertz CT molecular complexity index is 1490. The second-order valence-corrected chi connectivity index (χ2v) is 10.8. The number of amides is 1. The number of hydrogen-bond donors (Lipinski definition) is 2. The van der Waals surface area contributed by atoms with E-state index in [1.165, 1.54) is 12.3 Å². The lowest BCUT2D eigenvalue weighted by atomic mass is 9.77. The van der Waals surface area contributed by atoms with Crippen LogP contribution in [0.15, 0.2) is 71.1 Å². The fourth-order valence-electron chi connectivity index (χ4n) is 4.90. The minimum Gasteiger partial charge on any atom is -0.449 e. The number of carbonyl (C=O) groups is 1. The summed E-state index contributed by atoms with van der Waals surface area (Å²) < 4.78 is 18.1. The summed E-state index contributed by atoms with van der Waals surface area (Å²) in [7, 11) is -0.749. The maximum Gasteiger partial charge on any atom is 0.492 e. The molecule has 1 aliphatic carbocycles. The van der Waals surface area contributed by atoms with E-state index in [-0.39, 0.29) is 24.6 Å². The highest BCUT2D eigenvalue weighted by Crippen LogP contribution is 2.44. The quantitative estimate of drug-likeness (QED) is 0.449. The van der Waals surface area contributed by atoms with Gasteiger partial charge in [-0.15, -0.1) is 0 Å². The van der Waals surface area contributed by atoms with Crippen molar-refractivity contribution >= 4 is 19.3 Å². The first kappa shape index (κ1) is 26.5. The van der Waals surface area contributed by atoms with Crippen molar-refractivity contribution in [1.82, 2.24) is 10.3 Å². The number of carbonyl (C=O) groups excluding carboxylic acids is 1. The van der Waals surface area contributed by atoms with Gasteiger partial charge in [-0.2, -0.15) is 5.26 Å². The fourth-order valence-corrected chi connectivity index (χ4v) is 4.90. The Morgan fingerprint density at radius 3 is 2.26 bits per heavy atom. The maximum atomic E-state index is 12.9. The number of benzene rings is 2. The number of nitriles is 1. The zero-order valence-corrected chi connectivity index (χ0v) is 22.4. The number of fused-ring (bicyclic) bond motifs is 3. The predicted octanol–water partition coefficient (Wildman–Crippen LogP) is 4.80. The number of aromatic nitrogens is 1. The van der Waals surface area contributed by atoms with Crippen molar-refractivity contribution in [3.63, 3.8) is 0 Å². The van der Waals surface area contributed by atoms with Crippen molar-refractivity contribution in [3.05, 3.63) is 98.9 Å². The highest BCUT2D eigenvalue weighted by atomic mass is 16.7. The van der Waals surface area contributed by atoms with Crippen molar-refractivity contribution in [2.45, 2.75) is 44.8 Å². The van der Waals surface area contributed by atoms with Crippen LogP contribution in [0.5, 0.6) is 0 Å². The van der Waals surface area contributed by atoms with E-state index in [2.05, 4.69) is 34.6 Å². The predicted molar refractivity (Wildman–Crippen MR) is 149 cm³/mol. The molecule has 1 fully saturated rings. The average molecular weight is 523 g/mol. The normalized spacial score (nSPS) is 17.3. The van der Waals surface area contributed by atoms with Crippen molar-refractivity contribution < 1.29 is 18.8 Å². The molecule has 0 atom stereocenters. The van der Waals surface area contributed by atoms with Crippen LogP contribution in [0, 0.1) is 11.3 Å². The first-order valence-corrected chi connectivity index (χ1v) is 12.9. The lowest BCUT2D eigenvalue weighted by Gasteiger charge is -2.32. The molecule has 2 aliphatic rings. The van der Waals surface area contributed by atoms with Gasteiger partial charge in [0.05, 0.1) is 11.2 Å². The van der Waals surface area contributed by atoms with Gasteiger partial charge in [0, 0.05) is 18.7 Å². The minimum atomic E-state index is -0.749. The van der Waals surface area contributed by atoms with E-state index in [0.717, 1.165) is 22.3 Å². The number of rotatable bonds is 6. The molecule has 198 valence electrons. The van der Waals surface area contributed by atoms with Crippen LogP contribution in [0.4, 0.5) is 4.79 Å². The summed E-state index contributed by atoms with van der Waals surface area (Å²) in [5.74, 6) is -0.0493. The summed E-state index contributed by atoms with van der Waals surface area (Å²) in [6.45, 7) is 8.04. The standard InChI is InChI=1S/C30H30BN3O5/c1-29(2)30(3,4)39-31(38-29)21(14-19-13-20(15-32)27(35)33-16-19)17-34-28(36)37-18-26-24-11-7-5-9-22(24)23-10-6-8-12-25(23)26/h5-14,16,26H,17-18H2,1-4H3,(H,33,35)(H,34,36). The van der Waals surface area contributed by atoms with Crippen LogP contribution < -0.4 is 10.9 Å². The van der Waals surface area contributed by atoms with Crippen LogP contribution >= 0.6 is 0 Å². The Balaban J connectivity index is 1.32. The zero-order valence-electron chi connectivity index (χ0n) is 22.4. The Morgan fingerprint density at radius 2 is 1.67 bits per heavy atom.